The third kappa shape index (κ3) is 2.23. The van der Waals surface area contributed by atoms with Gasteiger partial charge in [0.2, 0.25) is 0 Å². The van der Waals surface area contributed by atoms with Crippen LogP contribution in [0.5, 0.6) is 0 Å². The van der Waals surface area contributed by atoms with E-state index >= 15 is 0 Å². The minimum absolute atomic E-state index is 0.00157. The number of nitrogens with two attached hydrogens (primary N) is 1. The second kappa shape index (κ2) is 5.19. The zero-order chi connectivity index (χ0) is 16.1. The molecule has 9 heteroatoms. The molecule has 1 unspecified atom stereocenters. The number of fused-ring (bicyclic) bond motifs is 1. The molecule has 1 aliphatic rings. The first-order chi connectivity index (χ1) is 10.4. The van der Waals surface area contributed by atoms with Crippen LogP contribution in [-0.2, 0) is 4.74 Å². The molecule has 9 nitrogen and oxygen atoms in total. The molecule has 4 atom stereocenters. The molecule has 1 fully saturated rings. The molecule has 0 radical (unpaired) electrons. The largest absolute Gasteiger partial charge is 0.394 e. The van der Waals surface area contributed by atoms with E-state index in [1.807, 2.05) is 0 Å². The van der Waals surface area contributed by atoms with Gasteiger partial charge < -0.3 is 30.6 Å². The summed E-state index contributed by atoms with van der Waals surface area (Å²) in [5.41, 5.74) is 6.91. The van der Waals surface area contributed by atoms with E-state index in [4.69, 9.17) is 11.8 Å². The second-order valence-corrected chi connectivity index (χ2v) is 5.09. The van der Waals surface area contributed by atoms with Crippen molar-refractivity contribution in [2.45, 2.75) is 24.3 Å². The van der Waals surface area contributed by atoms with Crippen molar-refractivity contribution < 1.29 is 16.3 Å². The predicted molar refractivity (Wildman–Crippen MR) is 74.7 cm³/mol. The van der Waals surface area contributed by atoms with E-state index in [0.29, 0.717) is 17.0 Å². The summed E-state index contributed by atoms with van der Waals surface area (Å²) in [7, 11) is 3.59. The lowest BCUT2D eigenvalue weighted by Gasteiger charge is -2.17. The predicted octanol–water partition coefficient (Wildman–Crippen LogP) is -1.46. The summed E-state index contributed by atoms with van der Waals surface area (Å²) in [6.45, 7) is -0.444. The number of hydrogen-bond acceptors (Lipinski definition) is 8. The van der Waals surface area contributed by atoms with E-state index in [9.17, 15) is 10.2 Å². The Bertz CT molecular complexity index is 695. The van der Waals surface area contributed by atoms with Crippen LogP contribution < -0.4 is 10.6 Å². The fraction of sp³-hybridized carbons (Fsp3) is 0.583. The van der Waals surface area contributed by atoms with Crippen molar-refractivity contribution in [3.8, 4) is 0 Å². The van der Waals surface area contributed by atoms with Crippen LogP contribution in [0.3, 0.4) is 0 Å². The van der Waals surface area contributed by atoms with Crippen molar-refractivity contribution in [2.75, 3.05) is 25.6 Å². The lowest BCUT2D eigenvalue weighted by atomic mass is 10.1. The molecule has 3 rings (SSSR count). The van der Waals surface area contributed by atoms with E-state index < -0.39 is 30.9 Å². The normalized spacial score (nSPS) is 33.4. The Kier molecular flexibility index (Phi) is 3.19. The molecular weight excluding hydrogens is 276 g/mol. The van der Waals surface area contributed by atoms with E-state index in [1.54, 1.807) is 19.0 Å². The monoisotopic (exact) mass is 295 g/mol. The van der Waals surface area contributed by atoms with E-state index in [-0.39, 0.29) is 5.82 Å². The van der Waals surface area contributed by atoms with Crippen LogP contribution in [0.1, 0.15) is 13.3 Å². The van der Waals surface area contributed by atoms with Gasteiger partial charge in [-0.3, -0.25) is 0 Å². The highest BCUT2D eigenvalue weighted by Crippen LogP contribution is 2.32. The van der Waals surface area contributed by atoms with Gasteiger partial charge >= 0.3 is 0 Å². The highest BCUT2D eigenvalue weighted by Gasteiger charge is 2.43. The summed E-state index contributed by atoms with van der Waals surface area (Å²) in [6.07, 6.45) is -2.50. The molecule has 21 heavy (non-hydrogen) atoms. The molecule has 0 aromatic carbocycles. The van der Waals surface area contributed by atoms with Crippen LogP contribution in [0.2, 0.25) is 0 Å². The van der Waals surface area contributed by atoms with Crippen molar-refractivity contribution in [3.05, 3.63) is 12.2 Å². The van der Waals surface area contributed by atoms with E-state index in [2.05, 4.69) is 19.9 Å². The number of imidazole rings is 1. The summed E-state index contributed by atoms with van der Waals surface area (Å²) in [4.78, 5) is 17.3. The molecule has 1 aliphatic heterocycles. The first kappa shape index (κ1) is 12.9. The molecule has 0 saturated carbocycles. The van der Waals surface area contributed by atoms with Gasteiger partial charge in [0, 0.05) is 14.1 Å². The van der Waals surface area contributed by atoms with Gasteiger partial charge in [0.15, 0.2) is 17.3 Å². The molecule has 0 bridgehead atoms. The second-order valence-electron chi connectivity index (χ2n) is 5.09. The smallest absolute Gasteiger partial charge is 0.183 e. The number of ether oxygens (including phenoxy) is 1. The molecule has 1 saturated heterocycles. The number of anilines is 1. The number of aliphatic hydroxyl groups is 2. The molecule has 0 amide bonds. The van der Waals surface area contributed by atoms with Gasteiger partial charge in [0.05, 0.1) is 20.3 Å². The number of aromatic nitrogens is 4. The minimum Gasteiger partial charge on any atom is -0.394 e. The van der Waals surface area contributed by atoms with Crippen LogP contribution in [0.25, 0.3) is 11.2 Å². The van der Waals surface area contributed by atoms with Gasteiger partial charge in [-0.25, -0.2) is 15.0 Å². The first-order valence-electron chi connectivity index (χ1n) is 6.99. The highest BCUT2D eigenvalue weighted by atomic mass is 16.5. The maximum Gasteiger partial charge on any atom is 0.183 e. The Morgan fingerprint density at radius 3 is 2.90 bits per heavy atom. The number of rotatable bonds is 3. The topological polar surface area (TPSA) is 133 Å². The number of H-pyrrole nitrogens is 1. The molecule has 3 heterocycles. The summed E-state index contributed by atoms with van der Waals surface area (Å²) in [5, 5.41) is 19.2. The summed E-state index contributed by atoms with van der Waals surface area (Å²) < 4.78 is 13.9. The number of hydrogen-bond donors (Lipinski definition) is 4. The lowest BCUT2D eigenvalue weighted by molar-refractivity contribution is -0.0246. The maximum absolute atomic E-state index is 9.99. The van der Waals surface area contributed by atoms with Crippen LogP contribution in [0.15, 0.2) is 6.33 Å². The molecule has 2 aromatic rings. The Labute approximate surface area is 122 Å². The number of aromatic amines is 1. The van der Waals surface area contributed by atoms with Crippen LogP contribution in [-0.4, -0.2) is 69.1 Å². The van der Waals surface area contributed by atoms with Gasteiger partial charge in [-0.2, -0.15) is 0 Å². The molecule has 0 aliphatic carbocycles. The van der Waals surface area contributed by atoms with Crippen molar-refractivity contribution in [2.24, 2.45) is 5.73 Å². The molecule has 114 valence electrons. The molecule has 5 N–H and O–H groups in total. The zero-order valence-electron chi connectivity index (χ0n) is 12.7. The highest BCUT2D eigenvalue weighted by molar-refractivity contribution is 5.82. The van der Waals surface area contributed by atoms with Gasteiger partial charge in [-0.05, 0) is 0 Å². The number of nitrogens with one attached hydrogen (secondary N) is 1. The first-order valence-corrected chi connectivity index (χ1v) is 6.49. The average Bonchev–Trinajstić information content (AvgIpc) is 3.05. The average molecular weight is 295 g/mol. The van der Waals surface area contributed by atoms with Crippen molar-refractivity contribution in [1.82, 2.24) is 19.9 Å². The fourth-order valence-electron chi connectivity index (χ4n) is 2.30. The SMILES string of the molecule is [2H]C1(c2nc(N(C)C)c3[nH]cnc3n2)O[C@H](CO)[C@@H](O)[C@H]1N. The Morgan fingerprint density at radius 1 is 1.52 bits per heavy atom. The van der Waals surface area contributed by atoms with Crippen LogP contribution in [0.4, 0.5) is 5.82 Å². The number of aliphatic hydroxyl groups excluding tert-OH is 2. The minimum atomic E-state index is -1.86. The summed E-state index contributed by atoms with van der Waals surface area (Å²) in [5.74, 6) is 0.528. The maximum atomic E-state index is 9.99. The molecule has 0 spiro atoms. The molecule has 2 aromatic heterocycles. The number of nitrogens with zero attached hydrogens (tertiary/aromatic N) is 4. The lowest BCUT2D eigenvalue weighted by Crippen LogP contribution is -2.39. The van der Waals surface area contributed by atoms with Gasteiger partial charge in [0.25, 0.3) is 0 Å². The van der Waals surface area contributed by atoms with E-state index in [1.165, 1.54) is 6.33 Å². The van der Waals surface area contributed by atoms with Crippen LogP contribution >= 0.6 is 0 Å². The zero-order valence-corrected chi connectivity index (χ0v) is 11.7. The third-order valence-corrected chi connectivity index (χ3v) is 3.42. The van der Waals surface area contributed by atoms with E-state index in [0.717, 1.165) is 0 Å². The summed E-state index contributed by atoms with van der Waals surface area (Å²) >= 11 is 0. The summed E-state index contributed by atoms with van der Waals surface area (Å²) in [6, 6.07) is -1.09. The Balaban J connectivity index is 2.13. The molecular formula is C12H18N6O3. The quantitative estimate of drug-likeness (QED) is 0.540. The Hall–Kier alpha value is -1.81. The van der Waals surface area contributed by atoms with Crippen molar-refractivity contribution >= 4 is 17.0 Å². The fourth-order valence-corrected chi connectivity index (χ4v) is 2.30. The Morgan fingerprint density at radius 2 is 2.29 bits per heavy atom. The van der Waals surface area contributed by atoms with Crippen molar-refractivity contribution in [1.29, 1.82) is 0 Å². The van der Waals surface area contributed by atoms with Crippen molar-refractivity contribution in [3.63, 3.8) is 0 Å². The third-order valence-electron chi connectivity index (χ3n) is 3.42. The van der Waals surface area contributed by atoms with Gasteiger partial charge in [0.1, 0.15) is 23.8 Å². The standard InChI is InChI=1S/C12H18N6O3/c1-18(2)12-7-10(15-4-14-7)16-11(17-12)9-6(13)8(20)5(3-19)21-9/h4-6,8-9,19-20H,3,13H2,1-2H3,(H,14,15,16,17)/t5-,6-,8-,9?/m1/s1/i9D. The van der Waals surface area contributed by atoms with Gasteiger partial charge in [-0.15, -0.1) is 0 Å². The van der Waals surface area contributed by atoms with Gasteiger partial charge in [-0.1, -0.05) is 0 Å². The van der Waals surface area contributed by atoms with Crippen LogP contribution in [0, 0.1) is 0 Å².